The van der Waals surface area contributed by atoms with Gasteiger partial charge in [-0.3, -0.25) is 9.59 Å². The summed E-state index contributed by atoms with van der Waals surface area (Å²) < 4.78 is 12.4. The number of halogens is 1. The Morgan fingerprint density at radius 1 is 1.03 bits per heavy atom. The van der Waals surface area contributed by atoms with E-state index in [1.54, 1.807) is 36.4 Å². The van der Waals surface area contributed by atoms with Crippen LogP contribution in [0.2, 0.25) is 5.02 Å². The van der Waals surface area contributed by atoms with Gasteiger partial charge in [0, 0.05) is 41.4 Å². The van der Waals surface area contributed by atoms with Crippen molar-refractivity contribution < 1.29 is 14.3 Å². The third-order valence-electron chi connectivity index (χ3n) is 4.61. The lowest BCUT2D eigenvalue weighted by Gasteiger charge is -2.19. The first-order chi connectivity index (χ1) is 14.6. The molecule has 0 aliphatic carbocycles. The van der Waals surface area contributed by atoms with Gasteiger partial charge in [-0.15, -0.1) is 0 Å². The van der Waals surface area contributed by atoms with Crippen LogP contribution in [-0.2, 0) is 11.3 Å². The molecule has 1 aliphatic heterocycles. The predicted molar refractivity (Wildman–Crippen MR) is 114 cm³/mol. The summed E-state index contributed by atoms with van der Waals surface area (Å²) >= 11 is 5.92. The third kappa shape index (κ3) is 4.80. The number of aryl methyl sites for hydroxylation is 1. The zero-order chi connectivity index (χ0) is 20.9. The summed E-state index contributed by atoms with van der Waals surface area (Å²) in [5.74, 6) is 1.15. The second kappa shape index (κ2) is 9.00. The Morgan fingerprint density at radius 3 is 2.60 bits per heavy atom. The average Bonchev–Trinajstić information content (AvgIpc) is 2.75. The molecule has 0 spiro atoms. The lowest BCUT2D eigenvalue weighted by atomic mass is 10.1. The molecule has 0 atom stereocenters. The highest BCUT2D eigenvalue weighted by Crippen LogP contribution is 2.32. The molecule has 0 unspecified atom stereocenters. The Hall–Kier alpha value is -3.32. The predicted octanol–water partition coefficient (Wildman–Crippen LogP) is 3.75. The van der Waals surface area contributed by atoms with Crippen molar-refractivity contribution in [1.29, 1.82) is 0 Å². The van der Waals surface area contributed by atoms with Crippen LogP contribution in [0, 0.1) is 0 Å². The molecule has 4 rings (SSSR count). The van der Waals surface area contributed by atoms with E-state index in [9.17, 15) is 9.59 Å². The number of aromatic nitrogens is 2. The van der Waals surface area contributed by atoms with E-state index in [1.807, 2.05) is 12.1 Å². The fraction of sp³-hybridized carbons (Fsp3) is 0.227. The summed E-state index contributed by atoms with van der Waals surface area (Å²) in [7, 11) is 0. The molecule has 0 fully saturated rings. The summed E-state index contributed by atoms with van der Waals surface area (Å²) in [5.41, 5.74) is 1.97. The highest BCUT2D eigenvalue weighted by Gasteiger charge is 2.13. The monoisotopic (exact) mass is 425 g/mol. The number of amides is 1. The van der Waals surface area contributed by atoms with Gasteiger partial charge in [0.25, 0.3) is 5.56 Å². The standard InChI is InChI=1S/C22H20ClN3O4/c23-16-5-3-15(4-6-16)18-8-10-22(28)26(25-18)11-1-2-21(27)24-17-7-9-19-20(14-17)30-13-12-29-19/h3-10,14H,1-2,11-13H2,(H,24,27). The molecule has 0 radical (unpaired) electrons. The van der Waals surface area contributed by atoms with E-state index in [0.29, 0.717) is 54.1 Å². The molecule has 0 bridgehead atoms. The van der Waals surface area contributed by atoms with Crippen LogP contribution < -0.4 is 20.3 Å². The minimum Gasteiger partial charge on any atom is -0.486 e. The molecule has 8 heteroatoms. The molecule has 30 heavy (non-hydrogen) atoms. The Bertz CT molecular complexity index is 1110. The molecule has 1 N–H and O–H groups in total. The van der Waals surface area contributed by atoms with E-state index in [4.69, 9.17) is 21.1 Å². The summed E-state index contributed by atoms with van der Waals surface area (Å²) in [5, 5.41) is 7.88. The van der Waals surface area contributed by atoms with Gasteiger partial charge < -0.3 is 14.8 Å². The fourth-order valence-corrected chi connectivity index (χ4v) is 3.24. The molecule has 154 valence electrons. The number of hydrogen-bond acceptors (Lipinski definition) is 5. The molecule has 0 saturated carbocycles. The Balaban J connectivity index is 1.34. The Kier molecular flexibility index (Phi) is 5.99. The van der Waals surface area contributed by atoms with Crippen LogP contribution in [0.25, 0.3) is 11.3 Å². The van der Waals surface area contributed by atoms with E-state index in [1.165, 1.54) is 10.7 Å². The van der Waals surface area contributed by atoms with Crippen LogP contribution in [0.15, 0.2) is 59.4 Å². The van der Waals surface area contributed by atoms with Crippen molar-refractivity contribution in [2.75, 3.05) is 18.5 Å². The van der Waals surface area contributed by atoms with Crippen molar-refractivity contribution in [2.24, 2.45) is 0 Å². The highest BCUT2D eigenvalue weighted by atomic mass is 35.5. The van der Waals surface area contributed by atoms with Crippen LogP contribution in [0.3, 0.4) is 0 Å². The van der Waals surface area contributed by atoms with Crippen molar-refractivity contribution in [2.45, 2.75) is 19.4 Å². The summed E-state index contributed by atoms with van der Waals surface area (Å²) in [4.78, 5) is 24.4. The average molecular weight is 426 g/mol. The quantitative estimate of drug-likeness (QED) is 0.650. The molecule has 2 aromatic carbocycles. The first-order valence-corrected chi connectivity index (χ1v) is 10.00. The van der Waals surface area contributed by atoms with Crippen LogP contribution in [-0.4, -0.2) is 28.9 Å². The van der Waals surface area contributed by atoms with Gasteiger partial charge in [0.1, 0.15) is 13.2 Å². The molecule has 1 aromatic heterocycles. The minimum absolute atomic E-state index is 0.145. The zero-order valence-electron chi connectivity index (χ0n) is 16.1. The fourth-order valence-electron chi connectivity index (χ4n) is 3.12. The van der Waals surface area contributed by atoms with Crippen molar-refractivity contribution in [3.05, 3.63) is 70.0 Å². The Morgan fingerprint density at radius 2 is 1.80 bits per heavy atom. The second-order valence-electron chi connectivity index (χ2n) is 6.80. The molecule has 1 amide bonds. The number of hydrogen-bond donors (Lipinski definition) is 1. The van der Waals surface area contributed by atoms with E-state index >= 15 is 0 Å². The topological polar surface area (TPSA) is 82.5 Å². The number of fused-ring (bicyclic) bond motifs is 1. The van der Waals surface area contributed by atoms with E-state index < -0.39 is 0 Å². The summed E-state index contributed by atoms with van der Waals surface area (Å²) in [6, 6.07) is 15.7. The van der Waals surface area contributed by atoms with Crippen LogP contribution >= 0.6 is 11.6 Å². The van der Waals surface area contributed by atoms with E-state index in [2.05, 4.69) is 10.4 Å². The Labute approximate surface area is 178 Å². The maximum Gasteiger partial charge on any atom is 0.266 e. The normalized spacial score (nSPS) is 12.4. The van der Waals surface area contributed by atoms with Crippen LogP contribution in [0.4, 0.5) is 5.69 Å². The molecule has 3 aromatic rings. The number of benzene rings is 2. The molecule has 0 saturated heterocycles. The van der Waals surface area contributed by atoms with Gasteiger partial charge in [0.2, 0.25) is 5.91 Å². The lowest BCUT2D eigenvalue weighted by molar-refractivity contribution is -0.116. The first-order valence-electron chi connectivity index (χ1n) is 9.62. The smallest absolute Gasteiger partial charge is 0.266 e. The second-order valence-corrected chi connectivity index (χ2v) is 7.23. The van der Waals surface area contributed by atoms with Crippen molar-refractivity contribution >= 4 is 23.2 Å². The van der Waals surface area contributed by atoms with Gasteiger partial charge in [-0.2, -0.15) is 5.10 Å². The summed E-state index contributed by atoms with van der Waals surface area (Å²) in [6.07, 6.45) is 0.737. The number of carbonyl (C=O) groups excluding carboxylic acids is 1. The van der Waals surface area contributed by atoms with Crippen molar-refractivity contribution in [3.8, 4) is 22.8 Å². The summed E-state index contributed by atoms with van der Waals surface area (Å²) in [6.45, 7) is 1.35. The molecule has 2 heterocycles. The number of rotatable bonds is 6. The zero-order valence-corrected chi connectivity index (χ0v) is 16.9. The first kappa shape index (κ1) is 20.0. The largest absolute Gasteiger partial charge is 0.486 e. The van der Waals surface area contributed by atoms with Crippen LogP contribution in [0.1, 0.15) is 12.8 Å². The highest BCUT2D eigenvalue weighted by molar-refractivity contribution is 6.30. The number of ether oxygens (including phenoxy) is 2. The van der Waals surface area contributed by atoms with Crippen molar-refractivity contribution in [3.63, 3.8) is 0 Å². The number of anilines is 1. The van der Waals surface area contributed by atoms with Gasteiger partial charge >= 0.3 is 0 Å². The third-order valence-corrected chi connectivity index (χ3v) is 4.86. The van der Waals surface area contributed by atoms with Gasteiger partial charge in [-0.1, -0.05) is 23.7 Å². The molecule has 1 aliphatic rings. The molecular formula is C22H20ClN3O4. The van der Waals surface area contributed by atoms with Gasteiger partial charge in [0.15, 0.2) is 11.5 Å². The SMILES string of the molecule is O=C(CCCn1nc(-c2ccc(Cl)cc2)ccc1=O)Nc1ccc2c(c1)OCCO2. The number of nitrogens with zero attached hydrogens (tertiary/aromatic N) is 2. The minimum atomic E-state index is -0.208. The number of nitrogens with one attached hydrogen (secondary N) is 1. The molecular weight excluding hydrogens is 406 g/mol. The van der Waals surface area contributed by atoms with Gasteiger partial charge in [-0.25, -0.2) is 4.68 Å². The van der Waals surface area contributed by atoms with E-state index in [-0.39, 0.29) is 17.9 Å². The number of carbonyl (C=O) groups is 1. The maximum absolute atomic E-state index is 12.3. The maximum atomic E-state index is 12.3. The van der Waals surface area contributed by atoms with E-state index in [0.717, 1.165) is 5.56 Å². The van der Waals surface area contributed by atoms with Crippen LogP contribution in [0.5, 0.6) is 11.5 Å². The molecule has 7 nitrogen and oxygen atoms in total. The van der Waals surface area contributed by atoms with Crippen molar-refractivity contribution in [1.82, 2.24) is 9.78 Å². The van der Waals surface area contributed by atoms with Gasteiger partial charge in [-0.05, 0) is 36.8 Å². The lowest BCUT2D eigenvalue weighted by Crippen LogP contribution is -2.23. The van der Waals surface area contributed by atoms with Gasteiger partial charge in [0.05, 0.1) is 5.69 Å².